The predicted octanol–water partition coefficient (Wildman–Crippen LogP) is 5.40. The van der Waals surface area contributed by atoms with Crippen LogP contribution < -0.4 is 10.2 Å². The standard InChI is InChI=1S/C23H19BrClN3O3S/c1-2-31-22(30)16-3-6-18(7-4-16)28(14-15-9-11-26-12-10-15)23(32)27-21(29)19-13-17(24)5-8-20(19)25/h3-13H,2,14H2,1H3,(H,27,29,32). The molecule has 1 N–H and O–H groups in total. The fourth-order valence-electron chi connectivity index (χ4n) is 2.85. The molecule has 6 nitrogen and oxygen atoms in total. The molecule has 0 saturated heterocycles. The summed E-state index contributed by atoms with van der Waals surface area (Å²) in [7, 11) is 0. The van der Waals surface area contributed by atoms with Crippen molar-refractivity contribution in [2.45, 2.75) is 13.5 Å². The number of thiocarbonyl (C=S) groups is 1. The Morgan fingerprint density at radius 2 is 1.81 bits per heavy atom. The van der Waals surface area contributed by atoms with Gasteiger partial charge in [-0.3, -0.25) is 15.1 Å². The molecule has 1 aromatic heterocycles. The Kier molecular flexibility index (Phi) is 8.33. The van der Waals surface area contributed by atoms with Crippen LogP contribution in [0.15, 0.2) is 71.5 Å². The number of anilines is 1. The van der Waals surface area contributed by atoms with Crippen molar-refractivity contribution in [3.8, 4) is 0 Å². The van der Waals surface area contributed by atoms with Gasteiger partial charge in [0, 0.05) is 22.6 Å². The average molecular weight is 533 g/mol. The highest BCUT2D eigenvalue weighted by Crippen LogP contribution is 2.22. The van der Waals surface area contributed by atoms with Gasteiger partial charge in [-0.2, -0.15) is 0 Å². The zero-order valence-corrected chi connectivity index (χ0v) is 20.2. The number of hydrogen-bond donors (Lipinski definition) is 1. The van der Waals surface area contributed by atoms with Crippen LogP contribution in [0.4, 0.5) is 5.69 Å². The first-order valence-electron chi connectivity index (χ1n) is 9.63. The molecule has 0 fully saturated rings. The molecule has 9 heteroatoms. The fourth-order valence-corrected chi connectivity index (χ4v) is 3.67. The fraction of sp³-hybridized carbons (Fsp3) is 0.130. The van der Waals surface area contributed by atoms with Crippen LogP contribution >= 0.6 is 39.7 Å². The Labute approximate surface area is 204 Å². The molecule has 0 atom stereocenters. The van der Waals surface area contributed by atoms with Crippen molar-refractivity contribution in [2.24, 2.45) is 0 Å². The molecular formula is C23H19BrClN3O3S. The van der Waals surface area contributed by atoms with E-state index in [2.05, 4.69) is 26.2 Å². The first kappa shape index (κ1) is 23.8. The Morgan fingerprint density at radius 3 is 2.47 bits per heavy atom. The summed E-state index contributed by atoms with van der Waals surface area (Å²) in [4.78, 5) is 30.6. The highest BCUT2D eigenvalue weighted by molar-refractivity contribution is 9.10. The van der Waals surface area contributed by atoms with Gasteiger partial charge in [0.1, 0.15) is 0 Å². The quantitative estimate of drug-likeness (QED) is 0.339. The topological polar surface area (TPSA) is 71.5 Å². The number of aromatic nitrogens is 1. The third-order valence-electron chi connectivity index (χ3n) is 4.42. The maximum Gasteiger partial charge on any atom is 0.338 e. The summed E-state index contributed by atoms with van der Waals surface area (Å²) in [5.74, 6) is -0.830. The number of ether oxygens (including phenoxy) is 1. The third kappa shape index (κ3) is 6.12. The molecular weight excluding hydrogens is 514 g/mol. The first-order valence-corrected chi connectivity index (χ1v) is 11.2. The van der Waals surface area contributed by atoms with Crippen LogP contribution in [0.1, 0.15) is 33.2 Å². The zero-order valence-electron chi connectivity index (χ0n) is 17.0. The van der Waals surface area contributed by atoms with Gasteiger partial charge in [0.2, 0.25) is 0 Å². The molecule has 0 spiro atoms. The summed E-state index contributed by atoms with van der Waals surface area (Å²) in [6, 6.07) is 15.5. The van der Waals surface area contributed by atoms with Crippen molar-refractivity contribution in [3.05, 3.63) is 93.2 Å². The van der Waals surface area contributed by atoms with E-state index < -0.39 is 11.9 Å². The maximum absolute atomic E-state index is 12.8. The second-order valence-electron chi connectivity index (χ2n) is 6.59. The van der Waals surface area contributed by atoms with Crippen LogP contribution in [0.2, 0.25) is 5.02 Å². The first-order chi connectivity index (χ1) is 15.4. The van der Waals surface area contributed by atoms with Crippen LogP contribution in [0.3, 0.4) is 0 Å². The molecule has 0 radical (unpaired) electrons. The van der Waals surface area contributed by atoms with Crippen molar-refractivity contribution < 1.29 is 14.3 Å². The Balaban J connectivity index is 1.87. The molecule has 3 aromatic rings. The monoisotopic (exact) mass is 531 g/mol. The minimum Gasteiger partial charge on any atom is -0.462 e. The lowest BCUT2D eigenvalue weighted by atomic mass is 10.1. The minimum absolute atomic E-state index is 0.187. The highest BCUT2D eigenvalue weighted by Gasteiger charge is 2.19. The second kappa shape index (κ2) is 11.2. The number of benzene rings is 2. The van der Waals surface area contributed by atoms with E-state index in [0.29, 0.717) is 35.0 Å². The van der Waals surface area contributed by atoms with Crippen LogP contribution in [-0.2, 0) is 11.3 Å². The van der Waals surface area contributed by atoms with Crippen LogP contribution in [0, 0.1) is 0 Å². The van der Waals surface area contributed by atoms with Gasteiger partial charge < -0.3 is 9.64 Å². The molecule has 1 amide bonds. The van der Waals surface area contributed by atoms with E-state index in [4.69, 9.17) is 28.6 Å². The molecule has 0 bridgehead atoms. The number of carbonyl (C=O) groups excluding carboxylic acids is 2. The molecule has 0 aliphatic rings. The molecule has 2 aromatic carbocycles. The number of nitrogens with one attached hydrogen (secondary N) is 1. The summed E-state index contributed by atoms with van der Waals surface area (Å²) in [5.41, 5.74) is 2.35. The van der Waals surface area contributed by atoms with Crippen molar-refractivity contribution in [3.63, 3.8) is 0 Å². The molecule has 164 valence electrons. The Bertz CT molecular complexity index is 1130. The molecule has 0 saturated carbocycles. The number of esters is 1. The molecule has 0 aliphatic carbocycles. The lowest BCUT2D eigenvalue weighted by Gasteiger charge is -2.26. The number of nitrogens with zero attached hydrogens (tertiary/aromatic N) is 2. The molecule has 1 heterocycles. The number of amides is 1. The third-order valence-corrected chi connectivity index (χ3v) is 5.56. The van der Waals surface area contributed by atoms with Crippen molar-refractivity contribution in [2.75, 3.05) is 11.5 Å². The van der Waals surface area contributed by atoms with E-state index in [1.54, 1.807) is 66.7 Å². The molecule has 0 unspecified atom stereocenters. The summed E-state index contributed by atoms with van der Waals surface area (Å²) in [6.45, 7) is 2.43. The van der Waals surface area contributed by atoms with E-state index in [1.807, 2.05) is 12.1 Å². The number of carbonyl (C=O) groups is 2. The summed E-state index contributed by atoms with van der Waals surface area (Å²) in [5, 5.41) is 3.25. The Morgan fingerprint density at radius 1 is 1.12 bits per heavy atom. The summed E-state index contributed by atoms with van der Waals surface area (Å²) < 4.78 is 5.76. The van der Waals surface area contributed by atoms with E-state index in [-0.39, 0.29) is 5.11 Å². The van der Waals surface area contributed by atoms with Gasteiger partial charge in [-0.25, -0.2) is 4.79 Å². The SMILES string of the molecule is CCOC(=O)c1ccc(N(Cc2ccncc2)C(=S)NC(=O)c2cc(Br)ccc2Cl)cc1. The number of halogens is 2. The van der Waals surface area contributed by atoms with Crippen molar-refractivity contribution in [1.82, 2.24) is 10.3 Å². The summed E-state index contributed by atoms with van der Waals surface area (Å²) >= 11 is 15.1. The van der Waals surface area contributed by atoms with Gasteiger partial charge in [0.25, 0.3) is 5.91 Å². The van der Waals surface area contributed by atoms with E-state index in [9.17, 15) is 9.59 Å². The van der Waals surface area contributed by atoms with E-state index in [1.165, 1.54) is 0 Å². The Hall–Kier alpha value is -2.81. The minimum atomic E-state index is -0.427. The van der Waals surface area contributed by atoms with Crippen LogP contribution in [-0.4, -0.2) is 28.6 Å². The zero-order chi connectivity index (χ0) is 23.1. The van der Waals surface area contributed by atoms with Crippen LogP contribution in [0.5, 0.6) is 0 Å². The second-order valence-corrected chi connectivity index (χ2v) is 8.30. The largest absolute Gasteiger partial charge is 0.462 e. The van der Waals surface area contributed by atoms with Crippen LogP contribution in [0.25, 0.3) is 0 Å². The van der Waals surface area contributed by atoms with Crippen molar-refractivity contribution in [1.29, 1.82) is 0 Å². The van der Waals surface area contributed by atoms with Gasteiger partial charge >= 0.3 is 5.97 Å². The molecule has 0 aliphatic heterocycles. The van der Waals surface area contributed by atoms with Gasteiger partial charge in [-0.05, 0) is 79.3 Å². The number of pyridine rings is 1. The number of hydrogen-bond acceptors (Lipinski definition) is 5. The maximum atomic E-state index is 12.8. The highest BCUT2D eigenvalue weighted by atomic mass is 79.9. The van der Waals surface area contributed by atoms with Gasteiger partial charge in [-0.1, -0.05) is 27.5 Å². The molecule has 32 heavy (non-hydrogen) atoms. The lowest BCUT2D eigenvalue weighted by molar-refractivity contribution is 0.0526. The van der Waals surface area contributed by atoms with E-state index in [0.717, 1.165) is 10.0 Å². The van der Waals surface area contributed by atoms with Crippen molar-refractivity contribution >= 4 is 62.4 Å². The van der Waals surface area contributed by atoms with Gasteiger partial charge in [0.05, 0.1) is 29.3 Å². The average Bonchev–Trinajstić information content (AvgIpc) is 2.80. The van der Waals surface area contributed by atoms with E-state index >= 15 is 0 Å². The summed E-state index contributed by atoms with van der Waals surface area (Å²) in [6.07, 6.45) is 3.36. The normalized spacial score (nSPS) is 10.3. The lowest BCUT2D eigenvalue weighted by Crippen LogP contribution is -2.42. The predicted molar refractivity (Wildman–Crippen MR) is 132 cm³/mol. The molecule has 3 rings (SSSR count). The smallest absolute Gasteiger partial charge is 0.338 e. The van der Waals surface area contributed by atoms with Gasteiger partial charge in [-0.15, -0.1) is 0 Å². The number of rotatable bonds is 6. The van der Waals surface area contributed by atoms with Gasteiger partial charge in [0.15, 0.2) is 5.11 Å².